The minimum absolute atomic E-state index is 0.373. The molecule has 5 heteroatoms. The zero-order chi connectivity index (χ0) is 16.1. The summed E-state index contributed by atoms with van der Waals surface area (Å²) in [6.45, 7) is 9.75. The van der Waals surface area contributed by atoms with Gasteiger partial charge in [0.05, 0.1) is 0 Å². The van der Waals surface area contributed by atoms with E-state index in [1.165, 1.54) is 32.1 Å². The summed E-state index contributed by atoms with van der Waals surface area (Å²) in [5, 5.41) is 3.59. The first kappa shape index (κ1) is 20.3. The molecule has 1 unspecified atom stereocenters. The molecule has 0 aromatic carbocycles. The van der Waals surface area contributed by atoms with Gasteiger partial charge in [-0.25, -0.2) is 0 Å². The van der Waals surface area contributed by atoms with Crippen LogP contribution >= 0.6 is 0 Å². The second-order valence-electron chi connectivity index (χ2n) is 6.01. The summed E-state index contributed by atoms with van der Waals surface area (Å²) in [5.41, 5.74) is 0. The van der Waals surface area contributed by atoms with Crippen LogP contribution in [0.2, 0.25) is 0 Å². The molecule has 1 heterocycles. The van der Waals surface area contributed by atoms with E-state index in [1.54, 1.807) is 0 Å². The van der Waals surface area contributed by atoms with Crippen molar-refractivity contribution in [2.75, 3.05) is 19.6 Å². The van der Waals surface area contributed by atoms with E-state index < -0.39 is 0 Å². The third-order valence-electron chi connectivity index (χ3n) is 4.27. The molecule has 1 amide bonds. The molecule has 1 fully saturated rings. The highest BCUT2D eigenvalue weighted by atomic mass is 19.2. The minimum Gasteiger partial charge on any atom is -0.343 e. The molecule has 21 heavy (non-hydrogen) atoms. The second kappa shape index (κ2) is 13.0. The summed E-state index contributed by atoms with van der Waals surface area (Å²) in [7, 11) is 0. The van der Waals surface area contributed by atoms with E-state index in [0.717, 1.165) is 32.5 Å². The van der Waals surface area contributed by atoms with Crippen LogP contribution in [-0.2, 0) is 4.79 Å². The second-order valence-corrected chi connectivity index (χ2v) is 6.01. The maximum absolute atomic E-state index is 12.0. The SMILES string of the molecule is CCC(CC)NCCCC(C)CC(=O)N1CCCC1.NF. The fraction of sp³-hybridized carbons (Fsp3) is 0.938. The molecule has 0 aromatic heterocycles. The average molecular weight is 303 g/mol. The van der Waals surface area contributed by atoms with Gasteiger partial charge in [0.15, 0.2) is 0 Å². The fourth-order valence-corrected chi connectivity index (χ4v) is 2.83. The Morgan fingerprint density at radius 3 is 2.33 bits per heavy atom. The lowest BCUT2D eigenvalue weighted by atomic mass is 10.0. The molecule has 1 saturated heterocycles. The van der Waals surface area contributed by atoms with Gasteiger partial charge in [0, 0.05) is 25.6 Å². The average Bonchev–Trinajstić information content (AvgIpc) is 3.04. The molecule has 1 rings (SSSR count). The maximum atomic E-state index is 12.0. The molecule has 0 aliphatic carbocycles. The van der Waals surface area contributed by atoms with E-state index in [-0.39, 0.29) is 0 Å². The van der Waals surface area contributed by atoms with Crippen molar-refractivity contribution in [3.05, 3.63) is 0 Å². The van der Waals surface area contributed by atoms with Crippen LogP contribution in [-0.4, -0.2) is 36.5 Å². The van der Waals surface area contributed by atoms with Crippen molar-refractivity contribution in [1.82, 2.24) is 10.2 Å². The molecule has 1 aliphatic rings. The summed E-state index contributed by atoms with van der Waals surface area (Å²) in [4.78, 5) is 14.0. The van der Waals surface area contributed by atoms with Gasteiger partial charge in [-0.1, -0.05) is 20.8 Å². The van der Waals surface area contributed by atoms with Gasteiger partial charge in [-0.05, 0) is 51.0 Å². The predicted molar refractivity (Wildman–Crippen MR) is 86.5 cm³/mol. The third-order valence-corrected chi connectivity index (χ3v) is 4.27. The van der Waals surface area contributed by atoms with Gasteiger partial charge in [0.1, 0.15) is 0 Å². The first-order chi connectivity index (χ1) is 10.2. The van der Waals surface area contributed by atoms with E-state index >= 15 is 0 Å². The lowest BCUT2D eigenvalue weighted by Crippen LogP contribution is -2.30. The topological polar surface area (TPSA) is 58.4 Å². The fourth-order valence-electron chi connectivity index (χ4n) is 2.83. The van der Waals surface area contributed by atoms with Crippen LogP contribution in [0.25, 0.3) is 0 Å². The monoisotopic (exact) mass is 303 g/mol. The first-order valence-corrected chi connectivity index (χ1v) is 8.40. The molecular weight excluding hydrogens is 269 g/mol. The molecule has 1 atom stereocenters. The van der Waals surface area contributed by atoms with Crippen LogP contribution in [0, 0.1) is 5.92 Å². The molecule has 4 nitrogen and oxygen atoms in total. The van der Waals surface area contributed by atoms with Crippen LogP contribution < -0.4 is 11.3 Å². The van der Waals surface area contributed by atoms with Crippen molar-refractivity contribution in [3.63, 3.8) is 0 Å². The molecular formula is C16H34FN3O. The number of amides is 1. The number of nitrogens with two attached hydrogens (primary N) is 1. The number of halogens is 1. The van der Waals surface area contributed by atoms with E-state index in [2.05, 4.69) is 32.0 Å². The Labute approximate surface area is 129 Å². The van der Waals surface area contributed by atoms with Crippen LogP contribution in [0.15, 0.2) is 0 Å². The molecule has 0 spiro atoms. The molecule has 3 N–H and O–H groups in total. The summed E-state index contributed by atoms with van der Waals surface area (Å²) < 4.78 is 9.00. The molecule has 0 saturated carbocycles. The zero-order valence-corrected chi connectivity index (χ0v) is 14.0. The van der Waals surface area contributed by atoms with Crippen molar-refractivity contribution in [3.8, 4) is 0 Å². The Morgan fingerprint density at radius 2 is 1.81 bits per heavy atom. The summed E-state index contributed by atoms with van der Waals surface area (Å²) in [6.07, 6.45) is 7.89. The van der Waals surface area contributed by atoms with E-state index in [1.807, 2.05) is 4.90 Å². The summed E-state index contributed by atoms with van der Waals surface area (Å²) in [6, 6.07) is 0.668. The summed E-state index contributed by atoms with van der Waals surface area (Å²) >= 11 is 0. The van der Waals surface area contributed by atoms with Gasteiger partial charge in [-0.3, -0.25) is 4.79 Å². The number of carbonyl (C=O) groups excluding carboxylic acids is 1. The lowest BCUT2D eigenvalue weighted by molar-refractivity contribution is -0.131. The Kier molecular flexibility index (Phi) is 12.6. The van der Waals surface area contributed by atoms with Gasteiger partial charge in [-0.15, -0.1) is 4.48 Å². The maximum Gasteiger partial charge on any atom is 0.222 e. The number of hydrogen-bond donors (Lipinski definition) is 2. The van der Waals surface area contributed by atoms with E-state index in [0.29, 0.717) is 17.9 Å². The molecule has 0 aromatic rings. The third kappa shape index (κ3) is 9.04. The smallest absolute Gasteiger partial charge is 0.222 e. The number of carbonyl (C=O) groups is 1. The van der Waals surface area contributed by atoms with Crippen molar-refractivity contribution < 1.29 is 9.28 Å². The first-order valence-electron chi connectivity index (χ1n) is 8.40. The molecule has 0 radical (unpaired) electrons. The highest BCUT2D eigenvalue weighted by molar-refractivity contribution is 5.76. The van der Waals surface area contributed by atoms with Crippen LogP contribution in [0.1, 0.15) is 65.7 Å². The highest BCUT2D eigenvalue weighted by Gasteiger charge is 2.19. The zero-order valence-electron chi connectivity index (χ0n) is 14.0. The molecule has 0 bridgehead atoms. The van der Waals surface area contributed by atoms with E-state index in [9.17, 15) is 4.79 Å². The Balaban J connectivity index is 0.00000191. The van der Waals surface area contributed by atoms with Crippen molar-refractivity contribution >= 4 is 5.91 Å². The number of likely N-dealkylation sites (tertiary alicyclic amines) is 1. The normalized spacial score (nSPS) is 15.8. The number of nitrogens with one attached hydrogen (secondary N) is 1. The van der Waals surface area contributed by atoms with Crippen molar-refractivity contribution in [2.24, 2.45) is 11.9 Å². The van der Waals surface area contributed by atoms with Gasteiger partial charge in [0.2, 0.25) is 5.91 Å². The number of rotatable bonds is 9. The van der Waals surface area contributed by atoms with Gasteiger partial charge in [0.25, 0.3) is 0 Å². The standard InChI is InChI=1S/C16H32N2O.FH2N/c1-4-15(5-2)17-10-8-9-14(3)13-16(19)18-11-6-7-12-18;1-2/h14-15,17H,4-13H2,1-3H3;2H2. The summed E-state index contributed by atoms with van der Waals surface area (Å²) in [5.74, 6) is 3.90. The highest BCUT2D eigenvalue weighted by Crippen LogP contribution is 2.15. The Morgan fingerprint density at radius 1 is 1.24 bits per heavy atom. The number of hydrogen-bond acceptors (Lipinski definition) is 3. The van der Waals surface area contributed by atoms with Crippen LogP contribution in [0.5, 0.6) is 0 Å². The van der Waals surface area contributed by atoms with Crippen LogP contribution in [0.3, 0.4) is 0 Å². The van der Waals surface area contributed by atoms with Gasteiger partial charge < -0.3 is 10.2 Å². The minimum atomic E-state index is 0.373. The lowest BCUT2D eigenvalue weighted by Gasteiger charge is -2.19. The quantitative estimate of drug-likeness (QED) is 0.508. The predicted octanol–water partition coefficient (Wildman–Crippen LogP) is 3.02. The van der Waals surface area contributed by atoms with Crippen LogP contribution in [0.4, 0.5) is 4.48 Å². The molecule has 126 valence electrons. The van der Waals surface area contributed by atoms with Gasteiger partial charge in [-0.2, -0.15) is 5.96 Å². The molecule has 1 aliphatic heterocycles. The van der Waals surface area contributed by atoms with Crippen molar-refractivity contribution in [1.29, 1.82) is 0 Å². The largest absolute Gasteiger partial charge is 0.343 e. The Bertz CT molecular complexity index is 254. The number of nitrogens with zero attached hydrogens (tertiary/aromatic N) is 1. The Hall–Kier alpha value is -0.680. The van der Waals surface area contributed by atoms with E-state index in [4.69, 9.17) is 4.48 Å². The van der Waals surface area contributed by atoms with Crippen molar-refractivity contribution in [2.45, 2.75) is 71.8 Å². The van der Waals surface area contributed by atoms with Gasteiger partial charge >= 0.3 is 0 Å².